The first-order valence-electron chi connectivity index (χ1n) is 13.2. The van der Waals surface area contributed by atoms with Crippen LogP contribution in [0.4, 0.5) is 5.95 Å². The van der Waals surface area contributed by atoms with Gasteiger partial charge in [-0.25, -0.2) is 4.98 Å². The number of hydrogen-bond acceptors (Lipinski definition) is 5. The van der Waals surface area contributed by atoms with Gasteiger partial charge in [0.2, 0.25) is 11.9 Å². The lowest BCUT2D eigenvalue weighted by molar-refractivity contribution is -0.117. The number of nitrogens with zero attached hydrogens (tertiary/aromatic N) is 3. The molecule has 208 valence electrons. The minimum atomic E-state index is -0.339. The Morgan fingerprint density at radius 2 is 1.65 bits per heavy atom. The molecule has 0 saturated carbocycles. The topological polar surface area (TPSA) is 85.7 Å². The van der Waals surface area contributed by atoms with E-state index in [9.17, 15) is 9.59 Å². The molecule has 0 aliphatic heterocycles. The van der Waals surface area contributed by atoms with Gasteiger partial charge in [-0.3, -0.25) is 19.5 Å². The van der Waals surface area contributed by atoms with Crippen molar-refractivity contribution in [1.82, 2.24) is 14.5 Å². The van der Waals surface area contributed by atoms with Crippen LogP contribution in [-0.4, -0.2) is 53.6 Å². The predicted molar refractivity (Wildman–Crippen MR) is 157 cm³/mol. The van der Waals surface area contributed by atoms with Crippen LogP contribution in [-0.2, 0) is 4.79 Å². The highest BCUT2D eigenvalue weighted by molar-refractivity contribution is 5.99. The van der Waals surface area contributed by atoms with Crippen LogP contribution in [0.5, 0.6) is 11.5 Å². The van der Waals surface area contributed by atoms with Crippen LogP contribution in [0.15, 0.2) is 72.9 Å². The highest BCUT2D eigenvalue weighted by Crippen LogP contribution is 2.27. The fourth-order valence-corrected chi connectivity index (χ4v) is 4.38. The molecule has 1 N–H and O–H groups in total. The summed E-state index contributed by atoms with van der Waals surface area (Å²) in [5.41, 5.74) is 5.21. The van der Waals surface area contributed by atoms with Crippen molar-refractivity contribution in [2.75, 3.05) is 32.6 Å². The van der Waals surface area contributed by atoms with Crippen molar-refractivity contribution >= 4 is 17.8 Å². The maximum Gasteiger partial charge on any atom is 0.254 e. The van der Waals surface area contributed by atoms with E-state index >= 15 is 0 Å². The Labute approximate surface area is 235 Å². The van der Waals surface area contributed by atoms with Gasteiger partial charge in [0.15, 0.2) is 0 Å². The number of methoxy groups -OCH3 is 2. The van der Waals surface area contributed by atoms with Crippen molar-refractivity contribution in [3.05, 3.63) is 89.6 Å². The van der Waals surface area contributed by atoms with Gasteiger partial charge >= 0.3 is 0 Å². The highest BCUT2D eigenvalue weighted by atomic mass is 16.5. The molecule has 0 atom stereocenters. The third-order valence-corrected chi connectivity index (χ3v) is 6.64. The smallest absolute Gasteiger partial charge is 0.254 e. The lowest BCUT2D eigenvalue weighted by Crippen LogP contribution is -2.40. The van der Waals surface area contributed by atoms with Gasteiger partial charge < -0.3 is 14.4 Å². The molecule has 2 amide bonds. The van der Waals surface area contributed by atoms with E-state index in [1.165, 1.54) is 5.56 Å². The molecular formula is C32H36N4O4. The second-order valence-corrected chi connectivity index (χ2v) is 10.2. The van der Waals surface area contributed by atoms with Crippen LogP contribution in [0.2, 0.25) is 0 Å². The number of carbonyl (C=O) groups excluding carboxylic acids is 2. The van der Waals surface area contributed by atoms with Gasteiger partial charge in [0.05, 0.1) is 19.9 Å². The molecule has 0 fully saturated rings. The predicted octanol–water partition coefficient (Wildman–Crippen LogP) is 5.91. The fourth-order valence-electron chi connectivity index (χ4n) is 4.38. The fraction of sp³-hybridized carbons (Fsp3) is 0.281. The molecule has 3 aromatic carbocycles. The molecule has 40 heavy (non-hydrogen) atoms. The number of imidazole rings is 1. The summed E-state index contributed by atoms with van der Waals surface area (Å²) < 4.78 is 12.4. The zero-order valence-corrected chi connectivity index (χ0v) is 23.9. The molecular weight excluding hydrogens is 504 g/mol. The number of hydrogen-bond donors (Lipinski definition) is 1. The summed E-state index contributed by atoms with van der Waals surface area (Å²) in [5, 5.41) is 2.96. The van der Waals surface area contributed by atoms with E-state index in [0.717, 1.165) is 22.6 Å². The van der Waals surface area contributed by atoms with Crippen molar-refractivity contribution in [3.63, 3.8) is 0 Å². The summed E-state index contributed by atoms with van der Waals surface area (Å²) in [5.74, 6) is 1.30. The Hall–Kier alpha value is -4.59. The molecule has 0 saturated heterocycles. The third-order valence-electron chi connectivity index (χ3n) is 6.64. The Kier molecular flexibility index (Phi) is 8.89. The van der Waals surface area contributed by atoms with E-state index in [4.69, 9.17) is 14.5 Å². The van der Waals surface area contributed by atoms with Crippen molar-refractivity contribution in [3.8, 4) is 28.4 Å². The number of nitrogens with one attached hydrogen (secondary N) is 1. The standard InChI is InChI=1S/C32H36N4O4/c1-21(2)18-35(31(38)25-8-7-9-28(17-25)40-6)20-30(37)34-32-33-29(24-11-14-27(39-5)15-12-24)19-36(32)26-13-10-22(3)23(4)16-26/h7-17,19,21H,18,20H2,1-6H3,(H,33,34,37). The molecule has 4 rings (SSSR count). The van der Waals surface area contributed by atoms with Gasteiger partial charge in [-0.1, -0.05) is 26.0 Å². The van der Waals surface area contributed by atoms with Crippen LogP contribution in [0.25, 0.3) is 16.9 Å². The van der Waals surface area contributed by atoms with E-state index in [0.29, 0.717) is 29.5 Å². The quantitative estimate of drug-likeness (QED) is 0.270. The van der Waals surface area contributed by atoms with E-state index in [2.05, 4.69) is 18.3 Å². The van der Waals surface area contributed by atoms with Crippen LogP contribution < -0.4 is 14.8 Å². The molecule has 1 aromatic heterocycles. The minimum absolute atomic E-state index is 0.119. The van der Waals surface area contributed by atoms with Crippen molar-refractivity contribution in [2.24, 2.45) is 5.92 Å². The van der Waals surface area contributed by atoms with E-state index < -0.39 is 0 Å². The Bertz CT molecular complexity index is 1490. The molecule has 0 spiro atoms. The van der Waals surface area contributed by atoms with Crippen LogP contribution in [0.1, 0.15) is 35.3 Å². The second kappa shape index (κ2) is 12.5. The van der Waals surface area contributed by atoms with Gasteiger partial charge in [0, 0.05) is 29.6 Å². The third kappa shape index (κ3) is 6.69. The van der Waals surface area contributed by atoms with E-state index in [1.54, 1.807) is 43.4 Å². The number of aryl methyl sites for hydroxylation is 2. The van der Waals surface area contributed by atoms with Gasteiger partial charge in [-0.2, -0.15) is 0 Å². The zero-order valence-electron chi connectivity index (χ0n) is 23.9. The van der Waals surface area contributed by atoms with Crippen LogP contribution in [0, 0.1) is 19.8 Å². The number of carbonyl (C=O) groups is 2. The van der Waals surface area contributed by atoms with Gasteiger partial charge in [-0.15, -0.1) is 0 Å². The zero-order chi connectivity index (χ0) is 28.8. The first-order chi connectivity index (χ1) is 19.2. The average molecular weight is 541 g/mol. The largest absolute Gasteiger partial charge is 0.497 e. The first-order valence-corrected chi connectivity index (χ1v) is 13.2. The molecule has 0 radical (unpaired) electrons. The molecule has 4 aromatic rings. The molecule has 8 nitrogen and oxygen atoms in total. The summed E-state index contributed by atoms with van der Waals surface area (Å²) in [7, 11) is 3.18. The Morgan fingerprint density at radius 3 is 2.30 bits per heavy atom. The van der Waals surface area contributed by atoms with Crippen molar-refractivity contribution < 1.29 is 19.1 Å². The number of aromatic nitrogens is 2. The van der Waals surface area contributed by atoms with Gasteiger partial charge in [0.25, 0.3) is 5.91 Å². The number of anilines is 1. The highest BCUT2D eigenvalue weighted by Gasteiger charge is 2.22. The summed E-state index contributed by atoms with van der Waals surface area (Å²) in [6.45, 7) is 8.43. The summed E-state index contributed by atoms with van der Waals surface area (Å²) in [6, 6.07) is 20.6. The van der Waals surface area contributed by atoms with Crippen LogP contribution in [0.3, 0.4) is 0 Å². The number of amides is 2. The maximum atomic E-state index is 13.4. The minimum Gasteiger partial charge on any atom is -0.497 e. The van der Waals surface area contributed by atoms with E-state index in [-0.39, 0.29) is 24.3 Å². The molecule has 0 aliphatic rings. The van der Waals surface area contributed by atoms with E-state index in [1.807, 2.05) is 67.9 Å². The number of ether oxygens (including phenoxy) is 2. The monoisotopic (exact) mass is 540 g/mol. The average Bonchev–Trinajstić information content (AvgIpc) is 3.37. The number of benzene rings is 3. The molecule has 0 unspecified atom stereocenters. The van der Waals surface area contributed by atoms with Crippen molar-refractivity contribution in [2.45, 2.75) is 27.7 Å². The molecule has 1 heterocycles. The first kappa shape index (κ1) is 28.4. The lowest BCUT2D eigenvalue weighted by atomic mass is 10.1. The van der Waals surface area contributed by atoms with Crippen molar-refractivity contribution in [1.29, 1.82) is 0 Å². The molecule has 0 bridgehead atoms. The summed E-state index contributed by atoms with van der Waals surface area (Å²) >= 11 is 0. The summed E-state index contributed by atoms with van der Waals surface area (Å²) in [4.78, 5) is 33.1. The number of rotatable bonds is 10. The van der Waals surface area contributed by atoms with Gasteiger partial charge in [0.1, 0.15) is 18.0 Å². The van der Waals surface area contributed by atoms with Gasteiger partial charge in [-0.05, 0) is 85.5 Å². The lowest BCUT2D eigenvalue weighted by Gasteiger charge is -2.24. The Morgan fingerprint density at radius 1 is 0.925 bits per heavy atom. The maximum absolute atomic E-state index is 13.4. The normalized spacial score (nSPS) is 10.9. The summed E-state index contributed by atoms with van der Waals surface area (Å²) in [6.07, 6.45) is 1.90. The molecule has 0 aliphatic carbocycles. The SMILES string of the molecule is COc1ccc(-c2cn(-c3ccc(C)c(C)c3)c(NC(=O)CN(CC(C)C)C(=O)c3cccc(OC)c3)n2)cc1. The second-order valence-electron chi connectivity index (χ2n) is 10.2. The Balaban J connectivity index is 1.64. The molecule has 8 heteroatoms. The van der Waals surface area contributed by atoms with Crippen LogP contribution >= 0.6 is 0 Å².